The summed E-state index contributed by atoms with van der Waals surface area (Å²) >= 11 is 0. The van der Waals surface area contributed by atoms with E-state index in [0.29, 0.717) is 12.4 Å². The molecule has 1 saturated heterocycles. The van der Waals surface area contributed by atoms with Crippen LogP contribution in [-0.4, -0.2) is 61.8 Å². The zero-order chi connectivity index (χ0) is 21.3. The van der Waals surface area contributed by atoms with E-state index in [1.54, 1.807) is 13.2 Å². The van der Waals surface area contributed by atoms with Crippen LogP contribution in [0, 0.1) is 5.92 Å². The molecule has 1 heterocycles. The minimum Gasteiger partial charge on any atom is -0.504 e. The zero-order valence-electron chi connectivity index (χ0n) is 18.6. The summed E-state index contributed by atoms with van der Waals surface area (Å²) in [5.41, 5.74) is 2.50. The smallest absolute Gasteiger partial charge is 0.161 e. The predicted octanol–water partition coefficient (Wildman–Crippen LogP) is 4.19. The van der Waals surface area contributed by atoms with Gasteiger partial charge in [0.1, 0.15) is 5.75 Å². The third kappa shape index (κ3) is 6.64. The molecule has 3 rings (SSSR count). The molecule has 164 valence electrons. The molecule has 0 atom stereocenters. The van der Waals surface area contributed by atoms with E-state index in [9.17, 15) is 5.11 Å². The lowest BCUT2D eigenvalue weighted by molar-refractivity contribution is 0.157. The normalized spacial score (nSPS) is 15.5. The van der Waals surface area contributed by atoms with Crippen LogP contribution in [0.25, 0.3) is 0 Å². The van der Waals surface area contributed by atoms with Crippen LogP contribution in [-0.2, 0) is 13.0 Å². The van der Waals surface area contributed by atoms with Crippen molar-refractivity contribution >= 4 is 0 Å². The highest BCUT2D eigenvalue weighted by Gasteiger charge is 2.20. The standard InChI is InChI=1S/C25H36N2O3/c1-4-30-25-17-22(7-10-24(25)28)19-27(18-21-11-14-26(2)15-12-21)16-13-20-5-8-23(29-3)9-6-20/h5-10,17,21,28H,4,11-16,18-19H2,1-3H3. The summed E-state index contributed by atoms with van der Waals surface area (Å²) in [6, 6.07) is 14.1. The SMILES string of the molecule is CCOc1cc(CN(CCc2ccc(OC)cc2)CC2CCN(C)CC2)ccc1O. The van der Waals surface area contributed by atoms with Gasteiger partial charge in [-0.15, -0.1) is 0 Å². The summed E-state index contributed by atoms with van der Waals surface area (Å²) in [4.78, 5) is 4.98. The van der Waals surface area contributed by atoms with Gasteiger partial charge >= 0.3 is 0 Å². The Kier molecular flexibility index (Phi) is 8.40. The van der Waals surface area contributed by atoms with E-state index in [0.717, 1.165) is 37.7 Å². The third-order valence-corrected chi connectivity index (χ3v) is 5.96. The van der Waals surface area contributed by atoms with Gasteiger partial charge < -0.3 is 19.5 Å². The largest absolute Gasteiger partial charge is 0.504 e. The maximum atomic E-state index is 10.0. The molecule has 1 aliphatic rings. The molecule has 0 spiro atoms. The number of phenolic OH excluding ortho intramolecular Hbond substituents is 1. The maximum Gasteiger partial charge on any atom is 0.161 e. The van der Waals surface area contributed by atoms with E-state index in [2.05, 4.69) is 29.0 Å². The lowest BCUT2D eigenvalue weighted by Gasteiger charge is -2.33. The first kappa shape index (κ1) is 22.4. The van der Waals surface area contributed by atoms with Gasteiger partial charge in [0.15, 0.2) is 11.5 Å². The highest BCUT2D eigenvalue weighted by molar-refractivity contribution is 5.41. The second-order valence-electron chi connectivity index (χ2n) is 8.31. The van der Waals surface area contributed by atoms with Gasteiger partial charge in [0.05, 0.1) is 13.7 Å². The van der Waals surface area contributed by atoms with Gasteiger partial charge in [-0.05, 0) is 87.6 Å². The number of methoxy groups -OCH3 is 1. The monoisotopic (exact) mass is 412 g/mol. The van der Waals surface area contributed by atoms with Crippen molar-refractivity contribution in [2.45, 2.75) is 32.7 Å². The molecule has 0 bridgehead atoms. The number of benzene rings is 2. The Morgan fingerprint density at radius 3 is 2.43 bits per heavy atom. The van der Waals surface area contributed by atoms with E-state index >= 15 is 0 Å². The van der Waals surface area contributed by atoms with E-state index in [-0.39, 0.29) is 5.75 Å². The van der Waals surface area contributed by atoms with Gasteiger partial charge in [0.25, 0.3) is 0 Å². The Morgan fingerprint density at radius 2 is 1.77 bits per heavy atom. The second kappa shape index (κ2) is 11.2. The first-order valence-corrected chi connectivity index (χ1v) is 11.1. The summed E-state index contributed by atoms with van der Waals surface area (Å²) in [7, 11) is 3.91. The average Bonchev–Trinajstić information content (AvgIpc) is 2.76. The molecule has 0 amide bonds. The number of hydrogen-bond acceptors (Lipinski definition) is 5. The van der Waals surface area contributed by atoms with Crippen LogP contribution in [0.4, 0.5) is 0 Å². The Hall–Kier alpha value is -2.24. The second-order valence-corrected chi connectivity index (χ2v) is 8.31. The van der Waals surface area contributed by atoms with Crippen LogP contribution in [0.3, 0.4) is 0 Å². The van der Waals surface area contributed by atoms with Crippen molar-refractivity contribution in [2.24, 2.45) is 5.92 Å². The molecular formula is C25H36N2O3. The van der Waals surface area contributed by atoms with Crippen LogP contribution < -0.4 is 9.47 Å². The van der Waals surface area contributed by atoms with Crippen LogP contribution >= 0.6 is 0 Å². The quantitative estimate of drug-likeness (QED) is 0.634. The lowest BCUT2D eigenvalue weighted by Crippen LogP contribution is -2.37. The van der Waals surface area contributed by atoms with Crippen molar-refractivity contribution in [1.29, 1.82) is 0 Å². The fraction of sp³-hybridized carbons (Fsp3) is 0.520. The Labute approximate surface area is 181 Å². The number of phenols is 1. The predicted molar refractivity (Wildman–Crippen MR) is 121 cm³/mol. The summed E-state index contributed by atoms with van der Waals surface area (Å²) in [5, 5.41) is 10.0. The fourth-order valence-corrected chi connectivity index (χ4v) is 4.11. The Morgan fingerprint density at radius 1 is 1.07 bits per heavy atom. The highest BCUT2D eigenvalue weighted by atomic mass is 16.5. The van der Waals surface area contributed by atoms with Crippen molar-refractivity contribution in [3.63, 3.8) is 0 Å². The van der Waals surface area contributed by atoms with E-state index in [4.69, 9.17) is 9.47 Å². The molecule has 5 heteroatoms. The van der Waals surface area contributed by atoms with Gasteiger partial charge in [-0.2, -0.15) is 0 Å². The van der Waals surface area contributed by atoms with Crippen LogP contribution in [0.1, 0.15) is 30.9 Å². The molecule has 0 aliphatic carbocycles. The molecular weight excluding hydrogens is 376 g/mol. The van der Waals surface area contributed by atoms with Crippen LogP contribution in [0.15, 0.2) is 42.5 Å². The fourth-order valence-electron chi connectivity index (χ4n) is 4.11. The van der Waals surface area contributed by atoms with E-state index in [1.807, 2.05) is 31.2 Å². The number of likely N-dealkylation sites (tertiary alicyclic amines) is 1. The van der Waals surface area contributed by atoms with Crippen molar-refractivity contribution in [1.82, 2.24) is 9.80 Å². The van der Waals surface area contributed by atoms with Gasteiger partial charge in [0.2, 0.25) is 0 Å². The lowest BCUT2D eigenvalue weighted by atomic mass is 9.96. The van der Waals surface area contributed by atoms with E-state index in [1.165, 1.54) is 37.1 Å². The van der Waals surface area contributed by atoms with Gasteiger partial charge in [-0.25, -0.2) is 0 Å². The minimum absolute atomic E-state index is 0.209. The highest BCUT2D eigenvalue weighted by Crippen LogP contribution is 2.28. The first-order chi connectivity index (χ1) is 14.6. The molecule has 5 nitrogen and oxygen atoms in total. The number of piperidine rings is 1. The number of hydrogen-bond donors (Lipinski definition) is 1. The van der Waals surface area contributed by atoms with Crippen molar-refractivity contribution in [3.8, 4) is 17.2 Å². The van der Waals surface area contributed by atoms with Crippen LogP contribution in [0.2, 0.25) is 0 Å². The van der Waals surface area contributed by atoms with Crippen molar-refractivity contribution < 1.29 is 14.6 Å². The Balaban J connectivity index is 1.67. The van der Waals surface area contributed by atoms with Crippen LogP contribution in [0.5, 0.6) is 17.2 Å². The molecule has 0 saturated carbocycles. The maximum absolute atomic E-state index is 10.0. The molecule has 1 aliphatic heterocycles. The van der Waals surface area contributed by atoms with Gasteiger partial charge in [-0.3, -0.25) is 4.90 Å². The molecule has 0 aromatic heterocycles. The molecule has 0 radical (unpaired) electrons. The topological polar surface area (TPSA) is 45.2 Å². The molecule has 30 heavy (non-hydrogen) atoms. The minimum atomic E-state index is 0.209. The number of ether oxygens (including phenoxy) is 2. The summed E-state index contributed by atoms with van der Waals surface area (Å²) in [5.74, 6) is 2.42. The molecule has 2 aromatic carbocycles. The third-order valence-electron chi connectivity index (χ3n) is 5.96. The number of rotatable bonds is 10. The van der Waals surface area contributed by atoms with E-state index < -0.39 is 0 Å². The number of aromatic hydroxyl groups is 1. The van der Waals surface area contributed by atoms with Gasteiger partial charge in [-0.1, -0.05) is 18.2 Å². The van der Waals surface area contributed by atoms with Crippen molar-refractivity contribution in [3.05, 3.63) is 53.6 Å². The summed E-state index contributed by atoms with van der Waals surface area (Å²) < 4.78 is 10.9. The average molecular weight is 413 g/mol. The molecule has 0 unspecified atom stereocenters. The molecule has 1 N–H and O–H groups in total. The van der Waals surface area contributed by atoms with Crippen molar-refractivity contribution in [2.75, 3.05) is 46.9 Å². The summed E-state index contributed by atoms with van der Waals surface area (Å²) in [6.07, 6.45) is 3.53. The molecule has 2 aromatic rings. The first-order valence-electron chi connectivity index (χ1n) is 11.1. The zero-order valence-corrected chi connectivity index (χ0v) is 18.6. The summed E-state index contributed by atoms with van der Waals surface area (Å²) in [6.45, 7) is 7.83. The van der Waals surface area contributed by atoms with Gasteiger partial charge in [0, 0.05) is 19.6 Å². The number of nitrogens with zero attached hydrogens (tertiary/aromatic N) is 2. The Bertz CT molecular complexity index is 770. The molecule has 1 fully saturated rings.